The number of hydrogen-bond acceptors (Lipinski definition) is 4. The van der Waals surface area contributed by atoms with Gasteiger partial charge in [0.2, 0.25) is 5.95 Å². The molecule has 1 N–H and O–H groups in total. The van der Waals surface area contributed by atoms with Crippen LogP contribution in [0.2, 0.25) is 0 Å². The molecule has 0 aliphatic carbocycles. The maximum Gasteiger partial charge on any atom is 0.225 e. The first kappa shape index (κ1) is 11.9. The Morgan fingerprint density at radius 3 is 2.67 bits per heavy atom. The number of aryl methyl sites for hydroxylation is 1. The topological polar surface area (TPSA) is 41.1 Å². The molecule has 0 aliphatic rings. The molecule has 0 fully saturated rings. The molecule has 0 radical (unpaired) electrons. The standard InChI is InChI=1S/C11H20N4/c1-5-6-12-8-10-7-9(2)13-11(14-10)15(3)4/h7,12H,5-6,8H2,1-4H3. The Hall–Kier alpha value is -1.16. The molecule has 0 spiro atoms. The minimum Gasteiger partial charge on any atom is -0.347 e. The lowest BCUT2D eigenvalue weighted by atomic mass is 10.3. The molecule has 0 atom stereocenters. The molecular formula is C11H20N4. The highest BCUT2D eigenvalue weighted by Gasteiger charge is 2.03. The normalized spacial score (nSPS) is 10.4. The van der Waals surface area contributed by atoms with Crippen molar-refractivity contribution in [2.24, 2.45) is 0 Å². The van der Waals surface area contributed by atoms with Crippen molar-refractivity contribution in [1.29, 1.82) is 0 Å². The first-order chi connectivity index (χ1) is 7.13. The van der Waals surface area contributed by atoms with Gasteiger partial charge in [-0.25, -0.2) is 9.97 Å². The Kier molecular flexibility index (Phi) is 4.49. The van der Waals surface area contributed by atoms with Crippen LogP contribution < -0.4 is 10.2 Å². The van der Waals surface area contributed by atoms with Crippen LogP contribution in [0.15, 0.2) is 6.07 Å². The zero-order chi connectivity index (χ0) is 11.3. The van der Waals surface area contributed by atoms with E-state index < -0.39 is 0 Å². The number of anilines is 1. The van der Waals surface area contributed by atoms with Crippen LogP contribution in [0.1, 0.15) is 24.7 Å². The third-order valence-electron chi connectivity index (χ3n) is 2.03. The zero-order valence-corrected chi connectivity index (χ0v) is 10.0. The molecular weight excluding hydrogens is 188 g/mol. The van der Waals surface area contributed by atoms with Crippen molar-refractivity contribution in [2.75, 3.05) is 25.5 Å². The maximum atomic E-state index is 4.46. The molecule has 0 aliphatic heterocycles. The number of rotatable bonds is 5. The SMILES string of the molecule is CCCNCc1cc(C)nc(N(C)C)n1. The number of aromatic nitrogens is 2. The molecule has 1 rings (SSSR count). The minimum atomic E-state index is 0.781. The fraction of sp³-hybridized carbons (Fsp3) is 0.636. The van der Waals surface area contributed by atoms with E-state index in [9.17, 15) is 0 Å². The molecule has 1 aromatic heterocycles. The smallest absolute Gasteiger partial charge is 0.225 e. The molecule has 1 heterocycles. The summed E-state index contributed by atoms with van der Waals surface area (Å²) in [7, 11) is 3.91. The van der Waals surface area contributed by atoms with Gasteiger partial charge in [0.05, 0.1) is 5.69 Å². The predicted octanol–water partition coefficient (Wildman–Crippen LogP) is 1.35. The van der Waals surface area contributed by atoms with E-state index in [-0.39, 0.29) is 0 Å². The van der Waals surface area contributed by atoms with Crippen molar-refractivity contribution in [3.8, 4) is 0 Å². The van der Waals surface area contributed by atoms with Crippen LogP contribution in [0.5, 0.6) is 0 Å². The van der Waals surface area contributed by atoms with E-state index in [0.29, 0.717) is 0 Å². The van der Waals surface area contributed by atoms with E-state index in [4.69, 9.17) is 0 Å². The van der Waals surface area contributed by atoms with Gasteiger partial charge in [-0.3, -0.25) is 0 Å². The van der Waals surface area contributed by atoms with Gasteiger partial charge in [-0.2, -0.15) is 0 Å². The lowest BCUT2D eigenvalue weighted by molar-refractivity contribution is 0.661. The van der Waals surface area contributed by atoms with Gasteiger partial charge >= 0.3 is 0 Å². The molecule has 0 unspecified atom stereocenters. The average Bonchev–Trinajstić information content (AvgIpc) is 2.17. The molecule has 1 aromatic rings. The highest BCUT2D eigenvalue weighted by Crippen LogP contribution is 2.06. The first-order valence-electron chi connectivity index (χ1n) is 5.36. The van der Waals surface area contributed by atoms with Crippen LogP contribution in [0.4, 0.5) is 5.95 Å². The highest BCUT2D eigenvalue weighted by molar-refractivity contribution is 5.29. The summed E-state index contributed by atoms with van der Waals surface area (Å²) < 4.78 is 0. The second kappa shape index (κ2) is 5.66. The lowest BCUT2D eigenvalue weighted by Crippen LogP contribution is -2.18. The van der Waals surface area contributed by atoms with Crippen molar-refractivity contribution in [2.45, 2.75) is 26.8 Å². The van der Waals surface area contributed by atoms with Gasteiger partial charge in [-0.1, -0.05) is 6.92 Å². The Labute approximate surface area is 91.7 Å². The summed E-state index contributed by atoms with van der Waals surface area (Å²) >= 11 is 0. The molecule has 4 heteroatoms. The van der Waals surface area contributed by atoms with Gasteiger partial charge in [0.15, 0.2) is 0 Å². The van der Waals surface area contributed by atoms with E-state index in [1.165, 1.54) is 0 Å². The van der Waals surface area contributed by atoms with Gasteiger partial charge < -0.3 is 10.2 Å². The second-order valence-corrected chi connectivity index (χ2v) is 3.87. The molecule has 0 amide bonds. The quantitative estimate of drug-likeness (QED) is 0.742. The van der Waals surface area contributed by atoms with Gasteiger partial charge in [-0.15, -0.1) is 0 Å². The molecule has 15 heavy (non-hydrogen) atoms. The summed E-state index contributed by atoms with van der Waals surface area (Å²) in [5.41, 5.74) is 2.07. The van der Waals surface area contributed by atoms with Crippen LogP contribution in [0, 0.1) is 6.92 Å². The highest BCUT2D eigenvalue weighted by atomic mass is 15.2. The lowest BCUT2D eigenvalue weighted by Gasteiger charge is -2.12. The summed E-state index contributed by atoms with van der Waals surface area (Å²) in [4.78, 5) is 10.7. The molecule has 0 saturated heterocycles. The predicted molar refractivity (Wildman–Crippen MR) is 63.1 cm³/mol. The summed E-state index contributed by atoms with van der Waals surface area (Å²) in [5.74, 6) is 0.781. The Balaban J connectivity index is 2.71. The Morgan fingerprint density at radius 1 is 1.33 bits per heavy atom. The molecule has 0 bridgehead atoms. The minimum absolute atomic E-state index is 0.781. The van der Waals surface area contributed by atoms with Crippen LogP contribution in [0.3, 0.4) is 0 Å². The fourth-order valence-electron chi connectivity index (χ4n) is 1.30. The molecule has 0 saturated carbocycles. The van der Waals surface area contributed by atoms with Crippen molar-refractivity contribution >= 4 is 5.95 Å². The van der Waals surface area contributed by atoms with Gasteiger partial charge in [0.25, 0.3) is 0 Å². The second-order valence-electron chi connectivity index (χ2n) is 3.87. The maximum absolute atomic E-state index is 4.46. The number of hydrogen-bond donors (Lipinski definition) is 1. The van der Waals surface area contributed by atoms with Gasteiger partial charge in [0.1, 0.15) is 0 Å². The van der Waals surface area contributed by atoms with E-state index in [2.05, 4.69) is 22.2 Å². The van der Waals surface area contributed by atoms with E-state index >= 15 is 0 Å². The van der Waals surface area contributed by atoms with Crippen molar-refractivity contribution in [1.82, 2.24) is 15.3 Å². The average molecular weight is 208 g/mol. The zero-order valence-electron chi connectivity index (χ0n) is 10.0. The summed E-state index contributed by atoms with van der Waals surface area (Å²) in [6.45, 7) is 6.00. The first-order valence-corrected chi connectivity index (χ1v) is 5.36. The Morgan fingerprint density at radius 2 is 2.07 bits per heavy atom. The summed E-state index contributed by atoms with van der Waals surface area (Å²) in [6.07, 6.45) is 1.14. The molecule has 0 aromatic carbocycles. The third kappa shape index (κ3) is 3.83. The monoisotopic (exact) mass is 208 g/mol. The largest absolute Gasteiger partial charge is 0.347 e. The van der Waals surface area contributed by atoms with Crippen molar-refractivity contribution in [3.05, 3.63) is 17.5 Å². The Bertz CT molecular complexity index is 309. The van der Waals surface area contributed by atoms with Crippen LogP contribution >= 0.6 is 0 Å². The number of nitrogens with zero attached hydrogens (tertiary/aromatic N) is 3. The molecule has 4 nitrogen and oxygen atoms in total. The van der Waals surface area contributed by atoms with Gasteiger partial charge in [0, 0.05) is 26.3 Å². The third-order valence-corrected chi connectivity index (χ3v) is 2.03. The van der Waals surface area contributed by atoms with Crippen molar-refractivity contribution < 1.29 is 0 Å². The number of nitrogens with one attached hydrogen (secondary N) is 1. The van der Waals surface area contributed by atoms with Crippen molar-refractivity contribution in [3.63, 3.8) is 0 Å². The van der Waals surface area contributed by atoms with E-state index in [0.717, 1.165) is 36.8 Å². The van der Waals surface area contributed by atoms with E-state index in [1.807, 2.05) is 32.0 Å². The summed E-state index contributed by atoms with van der Waals surface area (Å²) in [6, 6.07) is 2.02. The van der Waals surface area contributed by atoms with Crippen LogP contribution in [-0.2, 0) is 6.54 Å². The van der Waals surface area contributed by atoms with Crippen LogP contribution in [0.25, 0.3) is 0 Å². The fourth-order valence-corrected chi connectivity index (χ4v) is 1.30. The summed E-state index contributed by atoms with van der Waals surface area (Å²) in [5, 5.41) is 3.34. The van der Waals surface area contributed by atoms with E-state index in [1.54, 1.807) is 0 Å². The van der Waals surface area contributed by atoms with Gasteiger partial charge in [-0.05, 0) is 26.0 Å². The van der Waals surface area contributed by atoms with Crippen LogP contribution in [-0.4, -0.2) is 30.6 Å². The molecule has 84 valence electrons.